The number of carbonyl (C=O) groups excluding carboxylic acids is 1. The van der Waals surface area contributed by atoms with Crippen LogP contribution >= 0.6 is 15.9 Å². The van der Waals surface area contributed by atoms with E-state index in [9.17, 15) is 13.2 Å². The number of hydrogen-bond donors (Lipinski definition) is 2. The number of rotatable bonds is 9. The first-order valence-corrected chi connectivity index (χ1v) is 10.0. The van der Waals surface area contributed by atoms with Crippen LogP contribution in [0.2, 0.25) is 0 Å². The van der Waals surface area contributed by atoms with Crippen molar-refractivity contribution in [2.24, 2.45) is 5.92 Å². The van der Waals surface area contributed by atoms with Gasteiger partial charge in [-0.15, -0.1) is 0 Å². The zero-order chi connectivity index (χ0) is 16.6. The van der Waals surface area contributed by atoms with Crippen molar-refractivity contribution in [1.82, 2.24) is 10.6 Å². The fourth-order valence-electron chi connectivity index (χ4n) is 2.09. The molecular formula is C15H23BrN2O3S. The second kappa shape index (κ2) is 9.27. The van der Waals surface area contributed by atoms with Crippen LogP contribution in [0.3, 0.4) is 0 Å². The molecular weight excluding hydrogens is 368 g/mol. The van der Waals surface area contributed by atoms with Gasteiger partial charge in [0.1, 0.15) is 9.84 Å². The first-order valence-electron chi connectivity index (χ1n) is 7.16. The Morgan fingerprint density at radius 2 is 2.05 bits per heavy atom. The average molecular weight is 391 g/mol. The van der Waals surface area contributed by atoms with Crippen LogP contribution in [-0.4, -0.2) is 46.5 Å². The molecule has 124 valence electrons. The van der Waals surface area contributed by atoms with Gasteiger partial charge in [0.25, 0.3) is 0 Å². The molecule has 1 unspecified atom stereocenters. The maximum absolute atomic E-state index is 12.3. The second-order valence-electron chi connectivity index (χ2n) is 5.34. The summed E-state index contributed by atoms with van der Waals surface area (Å²) in [5.41, 5.74) is 1.01. The average Bonchev–Trinajstić information content (AvgIpc) is 2.42. The molecule has 0 fully saturated rings. The summed E-state index contributed by atoms with van der Waals surface area (Å²) < 4.78 is 23.7. The van der Waals surface area contributed by atoms with Gasteiger partial charge in [0.05, 0.1) is 5.75 Å². The van der Waals surface area contributed by atoms with Crippen molar-refractivity contribution in [2.45, 2.75) is 12.8 Å². The predicted molar refractivity (Wildman–Crippen MR) is 92.6 cm³/mol. The highest BCUT2D eigenvalue weighted by molar-refractivity contribution is 9.10. The van der Waals surface area contributed by atoms with E-state index in [-0.39, 0.29) is 17.6 Å². The van der Waals surface area contributed by atoms with E-state index in [0.717, 1.165) is 10.0 Å². The first-order chi connectivity index (χ1) is 10.3. The van der Waals surface area contributed by atoms with E-state index < -0.39 is 9.84 Å². The third-order valence-electron chi connectivity index (χ3n) is 3.25. The number of nitrogens with one attached hydrogen (secondary N) is 2. The molecule has 0 aliphatic heterocycles. The van der Waals surface area contributed by atoms with Crippen LogP contribution in [0.15, 0.2) is 28.7 Å². The van der Waals surface area contributed by atoms with Crippen molar-refractivity contribution >= 4 is 31.7 Å². The summed E-state index contributed by atoms with van der Waals surface area (Å²) in [5, 5.41) is 5.81. The number of halogens is 1. The molecule has 0 aliphatic carbocycles. The van der Waals surface area contributed by atoms with Gasteiger partial charge >= 0.3 is 0 Å². The van der Waals surface area contributed by atoms with Crippen LogP contribution in [0.5, 0.6) is 0 Å². The van der Waals surface area contributed by atoms with Crippen molar-refractivity contribution in [3.8, 4) is 0 Å². The SMILES string of the molecule is CNCCNC(=O)C(CCS(C)(=O)=O)Cc1cccc(Br)c1. The van der Waals surface area contributed by atoms with Crippen LogP contribution < -0.4 is 10.6 Å². The Morgan fingerprint density at radius 1 is 1.32 bits per heavy atom. The van der Waals surface area contributed by atoms with E-state index in [1.165, 1.54) is 6.26 Å². The summed E-state index contributed by atoms with van der Waals surface area (Å²) in [4.78, 5) is 12.3. The summed E-state index contributed by atoms with van der Waals surface area (Å²) >= 11 is 3.41. The Kier molecular flexibility index (Phi) is 8.06. The molecule has 0 aromatic heterocycles. The fraction of sp³-hybridized carbons (Fsp3) is 0.533. The highest BCUT2D eigenvalue weighted by atomic mass is 79.9. The van der Waals surface area contributed by atoms with Crippen molar-refractivity contribution in [1.29, 1.82) is 0 Å². The predicted octanol–water partition coefficient (Wildman–Crippen LogP) is 1.38. The molecule has 1 rings (SSSR count). The molecule has 1 atom stereocenters. The molecule has 1 aromatic rings. The smallest absolute Gasteiger partial charge is 0.223 e. The lowest BCUT2D eigenvalue weighted by molar-refractivity contribution is -0.125. The van der Waals surface area contributed by atoms with Gasteiger partial charge in [-0.05, 0) is 37.6 Å². The topological polar surface area (TPSA) is 75.3 Å². The number of benzene rings is 1. The van der Waals surface area contributed by atoms with Gasteiger partial charge in [0, 0.05) is 29.7 Å². The Balaban J connectivity index is 2.74. The van der Waals surface area contributed by atoms with E-state index in [1.54, 1.807) is 0 Å². The van der Waals surface area contributed by atoms with Crippen molar-refractivity contribution < 1.29 is 13.2 Å². The highest BCUT2D eigenvalue weighted by Crippen LogP contribution is 2.18. The maximum Gasteiger partial charge on any atom is 0.223 e. The molecule has 2 N–H and O–H groups in total. The molecule has 0 bridgehead atoms. The molecule has 0 spiro atoms. The third kappa shape index (κ3) is 7.91. The van der Waals surface area contributed by atoms with Crippen molar-refractivity contribution in [3.05, 3.63) is 34.3 Å². The first kappa shape index (κ1) is 19.1. The van der Waals surface area contributed by atoms with Crippen LogP contribution in [0.25, 0.3) is 0 Å². The summed E-state index contributed by atoms with van der Waals surface area (Å²) in [5.74, 6) is -0.426. The molecule has 1 amide bonds. The van der Waals surface area contributed by atoms with E-state index in [0.29, 0.717) is 25.9 Å². The minimum atomic E-state index is -3.08. The van der Waals surface area contributed by atoms with Crippen LogP contribution in [0.4, 0.5) is 0 Å². The van der Waals surface area contributed by atoms with Gasteiger partial charge in [0.2, 0.25) is 5.91 Å². The van der Waals surface area contributed by atoms with Crippen molar-refractivity contribution in [2.75, 3.05) is 32.1 Å². The molecule has 0 radical (unpaired) electrons. The van der Waals surface area contributed by atoms with Gasteiger partial charge in [0.15, 0.2) is 0 Å². The summed E-state index contributed by atoms with van der Waals surface area (Å²) in [6.45, 7) is 1.21. The number of sulfone groups is 1. The second-order valence-corrected chi connectivity index (χ2v) is 8.52. The third-order valence-corrected chi connectivity index (χ3v) is 4.72. The molecule has 7 heteroatoms. The maximum atomic E-state index is 12.3. The lowest BCUT2D eigenvalue weighted by Gasteiger charge is -2.17. The highest BCUT2D eigenvalue weighted by Gasteiger charge is 2.20. The molecule has 0 aliphatic rings. The zero-order valence-electron chi connectivity index (χ0n) is 12.9. The normalized spacial score (nSPS) is 12.9. The fourth-order valence-corrected chi connectivity index (χ4v) is 3.25. The Bertz CT molecular complexity index is 590. The minimum absolute atomic E-state index is 0.0190. The molecule has 1 aromatic carbocycles. The van der Waals surface area contributed by atoms with E-state index in [4.69, 9.17) is 0 Å². The zero-order valence-corrected chi connectivity index (χ0v) is 15.3. The molecule has 0 saturated carbocycles. The Morgan fingerprint density at radius 3 is 2.64 bits per heavy atom. The monoisotopic (exact) mass is 390 g/mol. The summed E-state index contributed by atoms with van der Waals surface area (Å²) in [6.07, 6.45) is 2.05. The number of amides is 1. The number of hydrogen-bond acceptors (Lipinski definition) is 4. The van der Waals surface area contributed by atoms with E-state index in [2.05, 4.69) is 26.6 Å². The molecule has 5 nitrogen and oxygen atoms in total. The van der Waals surface area contributed by atoms with E-state index in [1.807, 2.05) is 31.3 Å². The van der Waals surface area contributed by atoms with Gasteiger partial charge in [-0.2, -0.15) is 0 Å². The van der Waals surface area contributed by atoms with Gasteiger partial charge in [-0.3, -0.25) is 4.79 Å². The standard InChI is InChI=1S/C15H23BrN2O3S/c1-17-7-8-18-15(19)13(6-9-22(2,20)21)10-12-4-3-5-14(16)11-12/h3-5,11,13,17H,6-10H2,1-2H3,(H,18,19). The van der Waals surface area contributed by atoms with Crippen LogP contribution in [0, 0.1) is 5.92 Å². The van der Waals surface area contributed by atoms with Crippen LogP contribution in [0.1, 0.15) is 12.0 Å². The minimum Gasteiger partial charge on any atom is -0.355 e. The van der Waals surface area contributed by atoms with Gasteiger partial charge in [-0.25, -0.2) is 8.42 Å². The molecule has 22 heavy (non-hydrogen) atoms. The van der Waals surface area contributed by atoms with E-state index >= 15 is 0 Å². The Hall–Kier alpha value is -0.920. The largest absolute Gasteiger partial charge is 0.355 e. The lowest BCUT2D eigenvalue weighted by Crippen LogP contribution is -2.36. The van der Waals surface area contributed by atoms with Crippen LogP contribution in [-0.2, 0) is 21.1 Å². The summed E-state index contributed by atoms with van der Waals surface area (Å²) in [7, 11) is -1.27. The molecule has 0 heterocycles. The lowest BCUT2D eigenvalue weighted by atomic mass is 9.96. The summed E-state index contributed by atoms with van der Waals surface area (Å²) in [6, 6.07) is 7.72. The molecule has 0 saturated heterocycles. The number of carbonyl (C=O) groups is 1. The van der Waals surface area contributed by atoms with Gasteiger partial charge < -0.3 is 10.6 Å². The quantitative estimate of drug-likeness (QED) is 0.624. The number of likely N-dealkylation sites (N-methyl/N-ethyl adjacent to an activating group) is 1. The van der Waals surface area contributed by atoms with Crippen molar-refractivity contribution in [3.63, 3.8) is 0 Å². The van der Waals surface area contributed by atoms with Gasteiger partial charge in [-0.1, -0.05) is 28.1 Å². The Labute approximate surface area is 140 Å².